The van der Waals surface area contributed by atoms with Crippen LogP contribution >= 0.6 is 0 Å². The number of anilines is 3. The van der Waals surface area contributed by atoms with E-state index in [1.165, 1.54) is 0 Å². The molecule has 162 valence electrons. The van der Waals surface area contributed by atoms with Crippen LogP contribution < -0.4 is 20.4 Å². The second kappa shape index (κ2) is 10.4. The largest absolute Gasteiger partial charge is 0.374 e. The van der Waals surface area contributed by atoms with E-state index in [4.69, 9.17) is 4.74 Å². The molecule has 2 heterocycles. The summed E-state index contributed by atoms with van der Waals surface area (Å²) in [6.07, 6.45) is 2.75. The van der Waals surface area contributed by atoms with Crippen LogP contribution in [0.3, 0.4) is 0 Å². The molecule has 1 aromatic heterocycles. The maximum atomic E-state index is 13.3. The zero-order valence-electron chi connectivity index (χ0n) is 18.3. The molecule has 30 heavy (non-hydrogen) atoms. The fourth-order valence-electron chi connectivity index (χ4n) is 3.39. The zero-order chi connectivity index (χ0) is 21.5. The topological polar surface area (TPSA) is 82.6 Å². The highest BCUT2D eigenvalue weighted by molar-refractivity contribution is 6.09. The van der Waals surface area contributed by atoms with Crippen LogP contribution in [0, 0.1) is 0 Å². The molecule has 0 bridgehead atoms. The molecular weight excluding hydrogens is 380 g/mol. The monoisotopic (exact) mass is 412 g/mol. The fraction of sp³-hybridized carbons (Fsp3) is 0.500. The van der Waals surface area contributed by atoms with Gasteiger partial charge in [0.1, 0.15) is 11.4 Å². The van der Waals surface area contributed by atoms with Gasteiger partial charge in [-0.05, 0) is 51.6 Å². The van der Waals surface area contributed by atoms with Crippen LogP contribution in [-0.4, -0.2) is 62.3 Å². The van der Waals surface area contributed by atoms with E-state index in [9.17, 15) is 4.79 Å². The Morgan fingerprint density at radius 1 is 1.30 bits per heavy atom. The average molecular weight is 413 g/mol. The number of benzene rings is 1. The molecule has 0 aliphatic carbocycles. The van der Waals surface area contributed by atoms with Crippen LogP contribution in [0.4, 0.5) is 17.5 Å². The Balaban J connectivity index is 1.78. The van der Waals surface area contributed by atoms with Crippen molar-refractivity contribution in [1.82, 2.24) is 15.3 Å². The quantitative estimate of drug-likeness (QED) is 0.655. The summed E-state index contributed by atoms with van der Waals surface area (Å²) in [4.78, 5) is 26.0. The highest BCUT2D eigenvalue weighted by Crippen LogP contribution is 2.27. The SMILES string of the molecule is CCNc1ncc2c(n1)N(C)CCN(c1cccc(COC(C)CCNC)c1)C2=O. The zero-order valence-corrected chi connectivity index (χ0v) is 18.3. The van der Waals surface area contributed by atoms with Crippen LogP contribution in [0.15, 0.2) is 30.5 Å². The summed E-state index contributed by atoms with van der Waals surface area (Å²) in [5, 5.41) is 6.25. The predicted molar refractivity (Wildman–Crippen MR) is 120 cm³/mol. The second-order valence-corrected chi connectivity index (χ2v) is 7.52. The molecule has 0 fully saturated rings. The van der Waals surface area contributed by atoms with Crippen molar-refractivity contribution in [2.45, 2.75) is 33.0 Å². The summed E-state index contributed by atoms with van der Waals surface area (Å²) >= 11 is 0. The van der Waals surface area contributed by atoms with Gasteiger partial charge in [-0.1, -0.05) is 12.1 Å². The lowest BCUT2D eigenvalue weighted by Gasteiger charge is -2.22. The molecule has 1 atom stereocenters. The molecular formula is C22H32N6O2. The number of nitrogens with zero attached hydrogens (tertiary/aromatic N) is 4. The lowest BCUT2D eigenvalue weighted by atomic mass is 10.1. The van der Waals surface area contributed by atoms with Crippen LogP contribution in [0.25, 0.3) is 0 Å². The number of aromatic nitrogens is 2. The van der Waals surface area contributed by atoms with E-state index in [0.717, 1.165) is 30.8 Å². The molecule has 1 aliphatic heterocycles. The molecule has 2 aromatic rings. The van der Waals surface area contributed by atoms with Gasteiger partial charge in [-0.15, -0.1) is 0 Å². The van der Waals surface area contributed by atoms with Gasteiger partial charge in [-0.2, -0.15) is 4.98 Å². The Morgan fingerprint density at radius 3 is 2.90 bits per heavy atom. The van der Waals surface area contributed by atoms with E-state index in [-0.39, 0.29) is 12.0 Å². The molecule has 1 aliphatic rings. The fourth-order valence-corrected chi connectivity index (χ4v) is 3.39. The third kappa shape index (κ3) is 5.25. The number of ether oxygens (including phenoxy) is 1. The van der Waals surface area contributed by atoms with Crippen LogP contribution in [0.5, 0.6) is 0 Å². The minimum atomic E-state index is -0.0853. The van der Waals surface area contributed by atoms with Crippen LogP contribution in [-0.2, 0) is 11.3 Å². The van der Waals surface area contributed by atoms with E-state index in [1.807, 2.05) is 50.2 Å². The Labute approximate surface area is 178 Å². The van der Waals surface area contributed by atoms with Crippen molar-refractivity contribution in [1.29, 1.82) is 0 Å². The Hall–Kier alpha value is -2.71. The minimum absolute atomic E-state index is 0.0853. The number of fused-ring (bicyclic) bond motifs is 1. The molecule has 1 amide bonds. The lowest BCUT2D eigenvalue weighted by Crippen LogP contribution is -2.33. The van der Waals surface area contributed by atoms with Crippen molar-refractivity contribution in [3.05, 3.63) is 41.6 Å². The van der Waals surface area contributed by atoms with Crippen molar-refractivity contribution in [3.8, 4) is 0 Å². The highest BCUT2D eigenvalue weighted by atomic mass is 16.5. The van der Waals surface area contributed by atoms with Gasteiger partial charge in [0.05, 0.1) is 12.7 Å². The molecule has 8 heteroatoms. The van der Waals surface area contributed by atoms with Crippen molar-refractivity contribution < 1.29 is 9.53 Å². The predicted octanol–water partition coefficient (Wildman–Crippen LogP) is 2.52. The summed E-state index contributed by atoms with van der Waals surface area (Å²) < 4.78 is 5.95. The third-order valence-electron chi connectivity index (χ3n) is 5.16. The van der Waals surface area contributed by atoms with Crippen LogP contribution in [0.1, 0.15) is 36.2 Å². The maximum absolute atomic E-state index is 13.3. The van der Waals surface area contributed by atoms with Crippen LogP contribution in [0.2, 0.25) is 0 Å². The Kier molecular flexibility index (Phi) is 7.59. The average Bonchev–Trinajstić information content (AvgIpc) is 2.88. The number of hydrogen-bond donors (Lipinski definition) is 2. The van der Waals surface area contributed by atoms with E-state index < -0.39 is 0 Å². The van der Waals surface area contributed by atoms with E-state index in [1.54, 1.807) is 11.1 Å². The molecule has 0 saturated heterocycles. The normalized spacial score (nSPS) is 15.0. The molecule has 8 nitrogen and oxygen atoms in total. The molecule has 2 N–H and O–H groups in total. The number of rotatable bonds is 9. The molecule has 1 unspecified atom stereocenters. The number of carbonyl (C=O) groups excluding carboxylic acids is 1. The number of hydrogen-bond acceptors (Lipinski definition) is 7. The summed E-state index contributed by atoms with van der Waals surface area (Å²) in [5.41, 5.74) is 2.42. The minimum Gasteiger partial charge on any atom is -0.374 e. The first kappa shape index (κ1) is 22.0. The molecule has 1 aromatic carbocycles. The van der Waals surface area contributed by atoms with Gasteiger partial charge >= 0.3 is 0 Å². The standard InChI is InChI=1S/C22H32N6O2/c1-5-24-22-25-14-19-20(26-22)27(4)11-12-28(21(19)29)18-8-6-7-17(13-18)15-30-16(2)9-10-23-3/h6-8,13-14,16,23H,5,9-12,15H2,1-4H3,(H,24,25,26). The van der Waals surface area contributed by atoms with Crippen molar-refractivity contribution in [3.63, 3.8) is 0 Å². The second-order valence-electron chi connectivity index (χ2n) is 7.52. The van der Waals surface area contributed by atoms with Gasteiger partial charge in [-0.3, -0.25) is 4.79 Å². The van der Waals surface area contributed by atoms with Gasteiger partial charge in [0.2, 0.25) is 5.95 Å². The maximum Gasteiger partial charge on any atom is 0.263 e. The van der Waals surface area contributed by atoms with Crippen molar-refractivity contribution in [2.75, 3.05) is 55.4 Å². The summed E-state index contributed by atoms with van der Waals surface area (Å²) in [6.45, 7) is 7.50. The summed E-state index contributed by atoms with van der Waals surface area (Å²) in [6, 6.07) is 7.99. The van der Waals surface area contributed by atoms with E-state index in [2.05, 4.69) is 27.5 Å². The van der Waals surface area contributed by atoms with Crippen molar-refractivity contribution in [2.24, 2.45) is 0 Å². The van der Waals surface area contributed by atoms with Gasteiger partial charge in [0, 0.05) is 38.6 Å². The first-order valence-corrected chi connectivity index (χ1v) is 10.5. The molecule has 0 radical (unpaired) electrons. The van der Waals surface area contributed by atoms with Gasteiger partial charge in [0.25, 0.3) is 5.91 Å². The first-order chi connectivity index (χ1) is 14.5. The summed E-state index contributed by atoms with van der Waals surface area (Å²) in [5.74, 6) is 1.11. The van der Waals surface area contributed by atoms with E-state index in [0.29, 0.717) is 37.0 Å². The number of likely N-dealkylation sites (N-methyl/N-ethyl adjacent to an activating group) is 1. The van der Waals surface area contributed by atoms with Gasteiger partial charge in [0.15, 0.2) is 0 Å². The first-order valence-electron chi connectivity index (χ1n) is 10.5. The van der Waals surface area contributed by atoms with Gasteiger partial charge in [-0.25, -0.2) is 4.98 Å². The Bertz CT molecular complexity index is 859. The molecule has 3 rings (SSSR count). The molecule has 0 spiro atoms. The highest BCUT2D eigenvalue weighted by Gasteiger charge is 2.28. The summed E-state index contributed by atoms with van der Waals surface area (Å²) in [7, 11) is 3.89. The van der Waals surface area contributed by atoms with E-state index >= 15 is 0 Å². The third-order valence-corrected chi connectivity index (χ3v) is 5.16. The van der Waals surface area contributed by atoms with Gasteiger partial charge < -0.3 is 25.2 Å². The number of nitrogens with one attached hydrogen (secondary N) is 2. The number of amides is 1. The lowest BCUT2D eigenvalue weighted by molar-refractivity contribution is 0.0481. The smallest absolute Gasteiger partial charge is 0.263 e. The number of carbonyl (C=O) groups is 1. The molecule has 0 saturated carbocycles. The van der Waals surface area contributed by atoms with Crippen molar-refractivity contribution >= 4 is 23.4 Å². The Morgan fingerprint density at radius 2 is 2.13 bits per heavy atom.